The van der Waals surface area contributed by atoms with Crippen molar-refractivity contribution in [1.82, 2.24) is 15.2 Å². The van der Waals surface area contributed by atoms with Gasteiger partial charge in [-0.25, -0.2) is 4.98 Å². The molecule has 2 rings (SSSR count). The quantitative estimate of drug-likeness (QED) is 0.775. The zero-order chi connectivity index (χ0) is 12.8. The molecule has 0 spiro atoms. The molecule has 1 aliphatic heterocycles. The van der Waals surface area contributed by atoms with Crippen LogP contribution >= 0.6 is 11.3 Å². The number of hydrogen-bond donors (Lipinski definition) is 2. The molecule has 0 saturated carbocycles. The number of aliphatic hydroxyl groups excluding tert-OH is 1. The van der Waals surface area contributed by atoms with Crippen LogP contribution in [0.3, 0.4) is 0 Å². The van der Waals surface area contributed by atoms with Crippen molar-refractivity contribution in [2.45, 2.75) is 13.0 Å². The third-order valence-electron chi connectivity index (χ3n) is 3.16. The molecule has 2 N–H and O–H groups in total. The Balaban J connectivity index is 1.70. The fourth-order valence-electron chi connectivity index (χ4n) is 2.17. The van der Waals surface area contributed by atoms with Crippen molar-refractivity contribution >= 4 is 16.5 Å². The maximum atomic E-state index is 9.85. The largest absolute Gasteiger partial charge is 0.390 e. The van der Waals surface area contributed by atoms with E-state index < -0.39 is 0 Å². The lowest BCUT2D eigenvalue weighted by atomic mass is 10.2. The van der Waals surface area contributed by atoms with Crippen LogP contribution in [-0.2, 0) is 0 Å². The van der Waals surface area contributed by atoms with Gasteiger partial charge in [0.2, 0.25) is 0 Å². The third kappa shape index (κ3) is 3.91. The topological polar surface area (TPSA) is 51.6 Å². The SMILES string of the molecule is CCNCC(O)CN1CCN(c2nccs2)CC1. The first kappa shape index (κ1) is 13.7. The van der Waals surface area contributed by atoms with Crippen LogP contribution in [0.2, 0.25) is 0 Å². The second kappa shape index (κ2) is 7.04. The molecule has 0 radical (unpaired) electrons. The van der Waals surface area contributed by atoms with Gasteiger partial charge in [-0.3, -0.25) is 4.90 Å². The Bertz CT molecular complexity index is 325. The van der Waals surface area contributed by atoms with Crippen LogP contribution < -0.4 is 10.2 Å². The molecule has 1 unspecified atom stereocenters. The fourth-order valence-corrected chi connectivity index (χ4v) is 2.86. The summed E-state index contributed by atoms with van der Waals surface area (Å²) < 4.78 is 0. The van der Waals surface area contributed by atoms with E-state index in [0.29, 0.717) is 6.54 Å². The van der Waals surface area contributed by atoms with Crippen molar-refractivity contribution in [2.24, 2.45) is 0 Å². The number of likely N-dealkylation sites (N-methyl/N-ethyl adjacent to an activating group) is 1. The summed E-state index contributed by atoms with van der Waals surface area (Å²) in [6.07, 6.45) is 1.59. The van der Waals surface area contributed by atoms with E-state index in [2.05, 4.69) is 27.0 Å². The smallest absolute Gasteiger partial charge is 0.185 e. The number of nitrogens with one attached hydrogen (secondary N) is 1. The highest BCUT2D eigenvalue weighted by Crippen LogP contribution is 2.18. The maximum Gasteiger partial charge on any atom is 0.185 e. The average Bonchev–Trinajstić information content (AvgIpc) is 2.91. The van der Waals surface area contributed by atoms with Gasteiger partial charge in [0, 0.05) is 50.8 Å². The fraction of sp³-hybridized carbons (Fsp3) is 0.750. The lowest BCUT2D eigenvalue weighted by Gasteiger charge is -2.35. The van der Waals surface area contributed by atoms with E-state index in [1.165, 1.54) is 0 Å². The van der Waals surface area contributed by atoms with Gasteiger partial charge in [-0.1, -0.05) is 6.92 Å². The molecule has 0 amide bonds. The summed E-state index contributed by atoms with van der Waals surface area (Å²) in [5, 5.41) is 16.2. The lowest BCUT2D eigenvalue weighted by Crippen LogP contribution is -2.49. The zero-order valence-corrected chi connectivity index (χ0v) is 11.7. The molecule has 0 bridgehead atoms. The summed E-state index contributed by atoms with van der Waals surface area (Å²) in [4.78, 5) is 8.98. The first-order valence-corrected chi connectivity index (χ1v) is 7.43. The molecule has 18 heavy (non-hydrogen) atoms. The van der Waals surface area contributed by atoms with Crippen LogP contribution in [0.1, 0.15) is 6.92 Å². The average molecular weight is 270 g/mol. The molecule has 1 saturated heterocycles. The summed E-state index contributed by atoms with van der Waals surface area (Å²) in [5.74, 6) is 0. The van der Waals surface area contributed by atoms with Crippen molar-refractivity contribution in [3.8, 4) is 0 Å². The molecular weight excluding hydrogens is 248 g/mol. The second-order valence-corrected chi connectivity index (χ2v) is 5.44. The van der Waals surface area contributed by atoms with Gasteiger partial charge in [-0.05, 0) is 6.54 Å². The minimum Gasteiger partial charge on any atom is -0.390 e. The van der Waals surface area contributed by atoms with Crippen LogP contribution in [0.5, 0.6) is 0 Å². The van der Waals surface area contributed by atoms with E-state index in [0.717, 1.165) is 44.4 Å². The Hall–Kier alpha value is -0.690. The first-order chi connectivity index (χ1) is 8.79. The van der Waals surface area contributed by atoms with Gasteiger partial charge in [-0.15, -0.1) is 11.3 Å². The summed E-state index contributed by atoms with van der Waals surface area (Å²) in [6.45, 7) is 8.42. The van der Waals surface area contributed by atoms with E-state index in [-0.39, 0.29) is 6.10 Å². The van der Waals surface area contributed by atoms with Gasteiger partial charge in [0.05, 0.1) is 6.10 Å². The van der Waals surface area contributed by atoms with Crippen molar-refractivity contribution in [1.29, 1.82) is 0 Å². The number of rotatable bonds is 6. The Labute approximate surface area is 112 Å². The van der Waals surface area contributed by atoms with E-state index >= 15 is 0 Å². The number of β-amino-alcohol motifs (C(OH)–C–C–N with tert-alkyl or cyclic N) is 1. The van der Waals surface area contributed by atoms with Crippen LogP contribution in [0, 0.1) is 0 Å². The molecule has 1 aromatic rings. The van der Waals surface area contributed by atoms with E-state index in [1.807, 2.05) is 11.6 Å². The summed E-state index contributed by atoms with van der Waals surface area (Å²) >= 11 is 1.69. The highest BCUT2D eigenvalue weighted by molar-refractivity contribution is 7.13. The molecule has 6 heteroatoms. The second-order valence-electron chi connectivity index (χ2n) is 4.56. The molecule has 1 atom stereocenters. The predicted octanol–water partition coefficient (Wildman–Crippen LogP) is 0.235. The van der Waals surface area contributed by atoms with Gasteiger partial charge < -0.3 is 15.3 Å². The van der Waals surface area contributed by atoms with Crippen LogP contribution in [-0.4, -0.2) is 66.9 Å². The van der Waals surface area contributed by atoms with Crippen LogP contribution in [0.25, 0.3) is 0 Å². The van der Waals surface area contributed by atoms with Crippen molar-refractivity contribution in [3.05, 3.63) is 11.6 Å². The minimum absolute atomic E-state index is 0.267. The Morgan fingerprint density at radius 3 is 2.83 bits per heavy atom. The number of thiazole rings is 1. The highest BCUT2D eigenvalue weighted by Gasteiger charge is 2.20. The monoisotopic (exact) mass is 270 g/mol. The number of hydrogen-bond acceptors (Lipinski definition) is 6. The Morgan fingerprint density at radius 2 is 2.22 bits per heavy atom. The lowest BCUT2D eigenvalue weighted by molar-refractivity contribution is 0.108. The predicted molar refractivity (Wildman–Crippen MR) is 75.3 cm³/mol. The van der Waals surface area contributed by atoms with Crippen molar-refractivity contribution < 1.29 is 5.11 Å². The summed E-state index contributed by atoms with van der Waals surface area (Å²) in [5.41, 5.74) is 0. The van der Waals surface area contributed by atoms with Crippen molar-refractivity contribution in [3.63, 3.8) is 0 Å². The highest BCUT2D eigenvalue weighted by atomic mass is 32.1. The summed E-state index contributed by atoms with van der Waals surface area (Å²) in [7, 11) is 0. The van der Waals surface area contributed by atoms with Gasteiger partial charge in [-0.2, -0.15) is 0 Å². The maximum absolute atomic E-state index is 9.85. The molecule has 0 aromatic carbocycles. The van der Waals surface area contributed by atoms with Crippen molar-refractivity contribution in [2.75, 3.05) is 50.7 Å². The van der Waals surface area contributed by atoms with Gasteiger partial charge in [0.15, 0.2) is 5.13 Å². The number of aromatic nitrogens is 1. The van der Waals surface area contributed by atoms with Gasteiger partial charge >= 0.3 is 0 Å². The molecule has 1 fully saturated rings. The molecule has 1 aliphatic rings. The molecule has 1 aromatic heterocycles. The number of nitrogens with zero attached hydrogens (tertiary/aromatic N) is 3. The molecule has 0 aliphatic carbocycles. The van der Waals surface area contributed by atoms with Gasteiger partial charge in [0.25, 0.3) is 0 Å². The number of aliphatic hydroxyl groups is 1. The van der Waals surface area contributed by atoms with Crippen LogP contribution in [0.15, 0.2) is 11.6 Å². The Kier molecular flexibility index (Phi) is 5.37. The number of piperazine rings is 1. The van der Waals surface area contributed by atoms with E-state index in [1.54, 1.807) is 11.3 Å². The third-order valence-corrected chi connectivity index (χ3v) is 3.99. The normalized spacial score (nSPS) is 19.1. The molecule has 102 valence electrons. The molecule has 5 nitrogen and oxygen atoms in total. The number of anilines is 1. The van der Waals surface area contributed by atoms with Crippen LogP contribution in [0.4, 0.5) is 5.13 Å². The molecule has 2 heterocycles. The molecular formula is C12H22N4OS. The Morgan fingerprint density at radius 1 is 1.44 bits per heavy atom. The zero-order valence-electron chi connectivity index (χ0n) is 10.9. The summed E-state index contributed by atoms with van der Waals surface area (Å²) in [6, 6.07) is 0. The van der Waals surface area contributed by atoms with E-state index in [4.69, 9.17) is 0 Å². The van der Waals surface area contributed by atoms with E-state index in [9.17, 15) is 5.11 Å². The first-order valence-electron chi connectivity index (χ1n) is 6.55. The standard InChI is InChI=1S/C12H22N4OS/c1-2-13-9-11(17)10-15-4-6-16(7-5-15)12-14-3-8-18-12/h3,8,11,13,17H,2,4-7,9-10H2,1H3. The minimum atomic E-state index is -0.267. The van der Waals surface area contributed by atoms with Gasteiger partial charge in [0.1, 0.15) is 0 Å².